The second-order valence-corrected chi connectivity index (χ2v) is 5.11. The van der Waals surface area contributed by atoms with Crippen molar-refractivity contribution in [1.29, 1.82) is 0 Å². The minimum Gasteiger partial charge on any atom is -0.352 e. The Bertz CT molecular complexity index is 294. The first kappa shape index (κ1) is 14.8. The van der Waals surface area contributed by atoms with E-state index in [-0.39, 0.29) is 11.9 Å². The van der Waals surface area contributed by atoms with E-state index in [1.807, 2.05) is 11.8 Å². The molecule has 18 heavy (non-hydrogen) atoms. The second kappa shape index (κ2) is 7.20. The fourth-order valence-electron chi connectivity index (χ4n) is 2.21. The van der Waals surface area contributed by atoms with Gasteiger partial charge in [-0.15, -0.1) is 0 Å². The molecule has 0 aromatic heterocycles. The van der Waals surface area contributed by atoms with E-state index in [9.17, 15) is 9.59 Å². The van der Waals surface area contributed by atoms with Gasteiger partial charge >= 0.3 is 6.03 Å². The number of primary amides is 1. The third-order valence-electron chi connectivity index (χ3n) is 3.25. The summed E-state index contributed by atoms with van der Waals surface area (Å²) in [5.74, 6) is 0.474. The summed E-state index contributed by atoms with van der Waals surface area (Å²) in [6, 6.07) is -0.443. The van der Waals surface area contributed by atoms with E-state index < -0.39 is 6.03 Å². The smallest absolute Gasteiger partial charge is 0.312 e. The molecule has 1 aliphatic heterocycles. The van der Waals surface area contributed by atoms with Crippen LogP contribution in [0.25, 0.3) is 0 Å². The highest BCUT2D eigenvalue weighted by atomic mass is 16.2. The molecule has 0 aliphatic carbocycles. The summed E-state index contributed by atoms with van der Waals surface area (Å²) in [4.78, 5) is 24.5. The van der Waals surface area contributed by atoms with Crippen LogP contribution in [0, 0.1) is 5.92 Å². The molecule has 0 radical (unpaired) electrons. The van der Waals surface area contributed by atoms with Gasteiger partial charge in [0.2, 0.25) is 5.91 Å². The molecule has 104 valence electrons. The van der Waals surface area contributed by atoms with Gasteiger partial charge in [0.15, 0.2) is 0 Å². The lowest BCUT2D eigenvalue weighted by Gasteiger charge is -2.33. The molecule has 3 amide bonds. The van der Waals surface area contributed by atoms with Crippen molar-refractivity contribution in [2.24, 2.45) is 17.4 Å². The maximum Gasteiger partial charge on any atom is 0.312 e. The summed E-state index contributed by atoms with van der Waals surface area (Å²) in [5.41, 5.74) is 10.7. The third kappa shape index (κ3) is 5.35. The summed E-state index contributed by atoms with van der Waals surface area (Å²) in [6.45, 7) is 3.97. The largest absolute Gasteiger partial charge is 0.352 e. The van der Waals surface area contributed by atoms with Crippen LogP contribution in [-0.2, 0) is 4.79 Å². The molecule has 0 bridgehead atoms. The van der Waals surface area contributed by atoms with Crippen LogP contribution in [-0.4, -0.2) is 42.5 Å². The molecule has 0 aromatic carbocycles. The highest BCUT2D eigenvalue weighted by Crippen LogP contribution is 2.17. The molecule has 1 aliphatic rings. The van der Waals surface area contributed by atoms with Gasteiger partial charge < -0.3 is 21.7 Å². The van der Waals surface area contributed by atoms with E-state index in [2.05, 4.69) is 5.32 Å². The van der Waals surface area contributed by atoms with Gasteiger partial charge in [0.25, 0.3) is 0 Å². The highest BCUT2D eigenvalue weighted by molar-refractivity contribution is 5.76. The molecule has 2 unspecified atom stereocenters. The first-order chi connectivity index (χ1) is 8.49. The fourth-order valence-corrected chi connectivity index (χ4v) is 2.21. The number of nitrogens with one attached hydrogen (secondary N) is 1. The molecule has 6 heteroatoms. The van der Waals surface area contributed by atoms with E-state index in [1.165, 1.54) is 0 Å². The molecule has 1 rings (SSSR count). The van der Waals surface area contributed by atoms with Crippen molar-refractivity contribution in [3.05, 3.63) is 0 Å². The number of carbonyl (C=O) groups is 2. The first-order valence-electron chi connectivity index (χ1n) is 6.55. The molecule has 2 atom stereocenters. The minimum absolute atomic E-state index is 0.0612. The van der Waals surface area contributed by atoms with Crippen LogP contribution in [0.5, 0.6) is 0 Å². The highest BCUT2D eigenvalue weighted by Gasteiger charge is 2.23. The van der Waals surface area contributed by atoms with Crippen molar-refractivity contribution in [3.8, 4) is 0 Å². The Morgan fingerprint density at radius 1 is 1.50 bits per heavy atom. The zero-order chi connectivity index (χ0) is 13.5. The average Bonchev–Trinajstić information content (AvgIpc) is 2.33. The SMILES string of the molecule is CC(N)CCC(=O)N1CCCC(CNC(N)=O)C1. The Labute approximate surface area is 108 Å². The molecule has 6 nitrogen and oxygen atoms in total. The number of likely N-dealkylation sites (tertiary alicyclic amines) is 1. The van der Waals surface area contributed by atoms with E-state index in [1.54, 1.807) is 0 Å². The van der Waals surface area contributed by atoms with Gasteiger partial charge in [0.1, 0.15) is 0 Å². The van der Waals surface area contributed by atoms with Crippen molar-refractivity contribution in [2.75, 3.05) is 19.6 Å². The van der Waals surface area contributed by atoms with Gasteiger partial charge in [0, 0.05) is 32.1 Å². The molecule has 0 spiro atoms. The Balaban J connectivity index is 2.33. The number of hydrogen-bond acceptors (Lipinski definition) is 3. The zero-order valence-electron chi connectivity index (χ0n) is 11.0. The third-order valence-corrected chi connectivity index (χ3v) is 3.25. The monoisotopic (exact) mass is 256 g/mol. The molecule has 1 saturated heterocycles. The summed E-state index contributed by atoms with van der Waals surface area (Å²) >= 11 is 0. The Morgan fingerprint density at radius 3 is 2.83 bits per heavy atom. The van der Waals surface area contributed by atoms with Gasteiger partial charge in [-0.2, -0.15) is 0 Å². The number of nitrogens with zero attached hydrogens (tertiary/aromatic N) is 1. The number of nitrogens with two attached hydrogens (primary N) is 2. The molecular formula is C12H24N4O2. The summed E-state index contributed by atoms with van der Waals surface area (Å²) in [6.07, 6.45) is 3.24. The van der Waals surface area contributed by atoms with Crippen molar-refractivity contribution >= 4 is 11.9 Å². The van der Waals surface area contributed by atoms with E-state index in [0.29, 0.717) is 25.4 Å². The minimum atomic E-state index is -0.504. The summed E-state index contributed by atoms with van der Waals surface area (Å²) in [7, 11) is 0. The molecule has 0 aromatic rings. The van der Waals surface area contributed by atoms with E-state index in [4.69, 9.17) is 11.5 Å². The number of amides is 3. The van der Waals surface area contributed by atoms with Crippen LogP contribution in [0.1, 0.15) is 32.6 Å². The number of rotatable bonds is 5. The van der Waals surface area contributed by atoms with Gasteiger partial charge in [-0.25, -0.2) is 4.79 Å². The van der Waals surface area contributed by atoms with Crippen LogP contribution in [0.15, 0.2) is 0 Å². The normalized spacial score (nSPS) is 21.4. The van der Waals surface area contributed by atoms with Crippen LogP contribution >= 0.6 is 0 Å². The molecule has 1 fully saturated rings. The van der Waals surface area contributed by atoms with Crippen LogP contribution in [0.4, 0.5) is 4.79 Å². The Morgan fingerprint density at radius 2 is 2.22 bits per heavy atom. The van der Waals surface area contributed by atoms with Crippen molar-refractivity contribution in [3.63, 3.8) is 0 Å². The van der Waals surface area contributed by atoms with Gasteiger partial charge in [-0.05, 0) is 32.1 Å². The lowest BCUT2D eigenvalue weighted by atomic mass is 9.97. The average molecular weight is 256 g/mol. The van der Waals surface area contributed by atoms with Crippen LogP contribution in [0.2, 0.25) is 0 Å². The lowest BCUT2D eigenvalue weighted by Crippen LogP contribution is -2.44. The summed E-state index contributed by atoms with van der Waals surface area (Å²) < 4.78 is 0. The molecule has 0 saturated carbocycles. The number of carbonyl (C=O) groups excluding carboxylic acids is 2. The number of piperidine rings is 1. The zero-order valence-corrected chi connectivity index (χ0v) is 11.0. The second-order valence-electron chi connectivity index (χ2n) is 5.11. The number of hydrogen-bond donors (Lipinski definition) is 3. The Kier molecular flexibility index (Phi) is 5.91. The quantitative estimate of drug-likeness (QED) is 0.646. The predicted molar refractivity (Wildman–Crippen MR) is 69.8 cm³/mol. The van der Waals surface area contributed by atoms with Crippen LogP contribution < -0.4 is 16.8 Å². The maximum absolute atomic E-state index is 11.9. The van der Waals surface area contributed by atoms with E-state index >= 15 is 0 Å². The van der Waals surface area contributed by atoms with Gasteiger partial charge in [-0.3, -0.25) is 4.79 Å². The molecular weight excluding hydrogens is 232 g/mol. The van der Waals surface area contributed by atoms with Crippen molar-refractivity contribution < 1.29 is 9.59 Å². The van der Waals surface area contributed by atoms with Crippen LogP contribution in [0.3, 0.4) is 0 Å². The topological polar surface area (TPSA) is 101 Å². The van der Waals surface area contributed by atoms with Gasteiger partial charge in [-0.1, -0.05) is 0 Å². The standard InChI is InChI=1S/C12H24N4O2/c1-9(13)4-5-11(17)16-6-2-3-10(8-16)7-15-12(14)18/h9-10H,2-8,13H2,1H3,(H3,14,15,18). The fraction of sp³-hybridized carbons (Fsp3) is 0.833. The van der Waals surface area contributed by atoms with Crippen molar-refractivity contribution in [1.82, 2.24) is 10.2 Å². The first-order valence-corrected chi connectivity index (χ1v) is 6.55. The molecule has 5 N–H and O–H groups in total. The van der Waals surface area contributed by atoms with Gasteiger partial charge in [0.05, 0.1) is 0 Å². The molecule has 1 heterocycles. The Hall–Kier alpha value is -1.30. The predicted octanol–water partition coefficient (Wildman–Crippen LogP) is 0.0207. The van der Waals surface area contributed by atoms with Crippen molar-refractivity contribution in [2.45, 2.75) is 38.6 Å². The summed E-state index contributed by atoms with van der Waals surface area (Å²) in [5, 5.41) is 2.61. The van der Waals surface area contributed by atoms with E-state index in [0.717, 1.165) is 25.8 Å². The maximum atomic E-state index is 11.9. The lowest BCUT2D eigenvalue weighted by molar-refractivity contribution is -0.133. The number of urea groups is 1.